The molecule has 1 aliphatic heterocycles. The molecule has 6 nitrogen and oxygen atoms in total. The number of ether oxygens (including phenoxy) is 1. The fourth-order valence-electron chi connectivity index (χ4n) is 1.91. The summed E-state index contributed by atoms with van der Waals surface area (Å²) in [5, 5.41) is 2.56. The van der Waals surface area contributed by atoms with Gasteiger partial charge in [0.1, 0.15) is 5.60 Å². The summed E-state index contributed by atoms with van der Waals surface area (Å²) in [6, 6.07) is -0.363. The molecule has 1 saturated heterocycles. The summed E-state index contributed by atoms with van der Waals surface area (Å²) in [5.41, 5.74) is -0.568. The van der Waals surface area contributed by atoms with Crippen LogP contribution in [-0.2, 0) is 14.3 Å². The van der Waals surface area contributed by atoms with E-state index in [1.54, 1.807) is 34.6 Å². The van der Waals surface area contributed by atoms with E-state index < -0.39 is 11.7 Å². The fourth-order valence-corrected chi connectivity index (χ4v) is 1.91. The zero-order valence-electron chi connectivity index (χ0n) is 12.1. The molecule has 2 atom stereocenters. The minimum absolute atomic E-state index is 0.177. The van der Waals surface area contributed by atoms with Crippen LogP contribution >= 0.6 is 0 Å². The van der Waals surface area contributed by atoms with Gasteiger partial charge in [-0.05, 0) is 27.7 Å². The molecular formula is C13H22N2O4. The third kappa shape index (κ3) is 4.22. The first-order valence-corrected chi connectivity index (χ1v) is 6.44. The van der Waals surface area contributed by atoms with Crippen LogP contribution in [0.5, 0.6) is 0 Å². The van der Waals surface area contributed by atoms with Gasteiger partial charge < -0.3 is 10.1 Å². The van der Waals surface area contributed by atoms with Crippen LogP contribution in [0.15, 0.2) is 0 Å². The van der Waals surface area contributed by atoms with Gasteiger partial charge in [-0.2, -0.15) is 0 Å². The van der Waals surface area contributed by atoms with Crippen molar-refractivity contribution in [1.29, 1.82) is 0 Å². The second-order valence-corrected chi connectivity index (χ2v) is 5.94. The van der Waals surface area contributed by atoms with E-state index in [0.717, 1.165) is 0 Å². The van der Waals surface area contributed by atoms with Crippen molar-refractivity contribution in [3.63, 3.8) is 0 Å². The summed E-state index contributed by atoms with van der Waals surface area (Å²) >= 11 is 0. The molecule has 1 aliphatic rings. The Morgan fingerprint density at radius 1 is 1.47 bits per heavy atom. The largest absolute Gasteiger partial charge is 0.444 e. The Labute approximate surface area is 113 Å². The molecule has 2 unspecified atom stereocenters. The van der Waals surface area contributed by atoms with Crippen LogP contribution in [-0.4, -0.2) is 41.0 Å². The molecule has 0 aromatic heterocycles. The fraction of sp³-hybridized carbons (Fsp3) is 0.769. The molecule has 0 saturated carbocycles. The first-order valence-electron chi connectivity index (χ1n) is 6.44. The predicted molar refractivity (Wildman–Crippen MR) is 69.3 cm³/mol. The van der Waals surface area contributed by atoms with Gasteiger partial charge in [-0.15, -0.1) is 0 Å². The molecule has 1 heterocycles. The monoisotopic (exact) mass is 270 g/mol. The molecule has 1 rings (SSSR count). The molecule has 1 fully saturated rings. The number of nitrogens with zero attached hydrogens (tertiary/aromatic N) is 1. The number of hydrogen-bond acceptors (Lipinski definition) is 4. The highest BCUT2D eigenvalue weighted by molar-refractivity contribution is 6.03. The third-order valence-corrected chi connectivity index (χ3v) is 2.79. The Hall–Kier alpha value is -1.59. The number of amides is 3. The summed E-state index contributed by atoms with van der Waals surface area (Å²) in [6.07, 6.45) is -0.304. The van der Waals surface area contributed by atoms with Gasteiger partial charge in [0.15, 0.2) is 0 Å². The van der Waals surface area contributed by atoms with E-state index in [9.17, 15) is 14.4 Å². The summed E-state index contributed by atoms with van der Waals surface area (Å²) in [7, 11) is 0. The standard InChI is InChI=1S/C13H22N2O4/c1-8-6-10(16)15(11(8)17)9(2)7-14-12(18)19-13(3,4)5/h8-9H,6-7H2,1-5H3,(H,14,18). The van der Waals surface area contributed by atoms with Crippen LogP contribution in [0.2, 0.25) is 0 Å². The maximum absolute atomic E-state index is 11.8. The topological polar surface area (TPSA) is 75.7 Å². The zero-order valence-corrected chi connectivity index (χ0v) is 12.1. The van der Waals surface area contributed by atoms with Crippen molar-refractivity contribution in [1.82, 2.24) is 10.2 Å². The molecule has 108 valence electrons. The number of likely N-dealkylation sites (tertiary alicyclic amines) is 1. The van der Waals surface area contributed by atoms with E-state index in [2.05, 4.69) is 5.32 Å². The second kappa shape index (κ2) is 5.59. The number of nitrogens with one attached hydrogen (secondary N) is 1. The van der Waals surface area contributed by atoms with Crippen LogP contribution in [0.1, 0.15) is 41.0 Å². The number of hydrogen-bond donors (Lipinski definition) is 1. The number of carbonyl (C=O) groups excluding carboxylic acids is 3. The van der Waals surface area contributed by atoms with Crippen LogP contribution in [0.4, 0.5) is 4.79 Å². The Kier molecular flexibility index (Phi) is 4.55. The minimum atomic E-state index is -0.568. The van der Waals surface area contributed by atoms with Crippen molar-refractivity contribution in [2.24, 2.45) is 5.92 Å². The van der Waals surface area contributed by atoms with Crippen molar-refractivity contribution in [3.8, 4) is 0 Å². The third-order valence-electron chi connectivity index (χ3n) is 2.79. The van der Waals surface area contributed by atoms with Gasteiger partial charge in [-0.3, -0.25) is 14.5 Å². The number of imide groups is 1. The number of carbonyl (C=O) groups is 3. The molecule has 0 bridgehead atoms. The molecule has 0 radical (unpaired) electrons. The molecule has 0 spiro atoms. The van der Waals surface area contributed by atoms with Gasteiger partial charge in [0, 0.05) is 18.9 Å². The quantitative estimate of drug-likeness (QED) is 0.784. The minimum Gasteiger partial charge on any atom is -0.444 e. The molecule has 19 heavy (non-hydrogen) atoms. The summed E-state index contributed by atoms with van der Waals surface area (Å²) < 4.78 is 5.09. The van der Waals surface area contributed by atoms with E-state index in [4.69, 9.17) is 4.74 Å². The second-order valence-electron chi connectivity index (χ2n) is 5.94. The first kappa shape index (κ1) is 15.5. The average molecular weight is 270 g/mol. The van der Waals surface area contributed by atoms with Gasteiger partial charge in [0.05, 0.1) is 6.04 Å². The van der Waals surface area contributed by atoms with Crippen molar-refractivity contribution < 1.29 is 19.1 Å². The van der Waals surface area contributed by atoms with Crippen molar-refractivity contribution in [3.05, 3.63) is 0 Å². The molecule has 3 amide bonds. The number of rotatable bonds is 3. The lowest BCUT2D eigenvalue weighted by molar-refractivity contribution is -0.141. The van der Waals surface area contributed by atoms with Crippen LogP contribution in [0, 0.1) is 5.92 Å². The zero-order chi connectivity index (χ0) is 14.8. The predicted octanol–water partition coefficient (Wildman–Crippen LogP) is 1.29. The molecule has 0 aromatic rings. The molecule has 1 N–H and O–H groups in total. The van der Waals surface area contributed by atoms with E-state index >= 15 is 0 Å². The Morgan fingerprint density at radius 3 is 2.47 bits per heavy atom. The van der Waals surface area contributed by atoms with Gasteiger partial charge in [-0.25, -0.2) is 4.79 Å². The van der Waals surface area contributed by atoms with Crippen LogP contribution < -0.4 is 5.32 Å². The normalized spacial score (nSPS) is 21.5. The van der Waals surface area contributed by atoms with Gasteiger partial charge in [0.2, 0.25) is 11.8 Å². The lowest BCUT2D eigenvalue weighted by Crippen LogP contribution is -2.46. The summed E-state index contributed by atoms with van der Waals surface area (Å²) in [6.45, 7) is 8.96. The highest BCUT2D eigenvalue weighted by atomic mass is 16.6. The lowest BCUT2D eigenvalue weighted by Gasteiger charge is -2.24. The van der Waals surface area contributed by atoms with Gasteiger partial charge >= 0.3 is 6.09 Å². The Bertz CT molecular complexity index is 387. The van der Waals surface area contributed by atoms with E-state index in [1.165, 1.54) is 4.90 Å². The Morgan fingerprint density at radius 2 is 2.05 bits per heavy atom. The van der Waals surface area contributed by atoms with E-state index in [-0.39, 0.29) is 36.7 Å². The van der Waals surface area contributed by atoms with E-state index in [1.807, 2.05) is 0 Å². The molecule has 6 heteroatoms. The highest BCUT2D eigenvalue weighted by Gasteiger charge is 2.38. The SMILES string of the molecule is CC1CC(=O)N(C(C)CNC(=O)OC(C)(C)C)C1=O. The van der Waals surface area contributed by atoms with E-state index in [0.29, 0.717) is 0 Å². The molecular weight excluding hydrogens is 248 g/mol. The van der Waals surface area contributed by atoms with Crippen molar-refractivity contribution in [2.45, 2.75) is 52.7 Å². The average Bonchev–Trinajstić information content (AvgIpc) is 2.47. The molecule has 0 aliphatic carbocycles. The van der Waals surface area contributed by atoms with Crippen molar-refractivity contribution >= 4 is 17.9 Å². The highest BCUT2D eigenvalue weighted by Crippen LogP contribution is 2.20. The smallest absolute Gasteiger partial charge is 0.407 e. The van der Waals surface area contributed by atoms with Crippen LogP contribution in [0.25, 0.3) is 0 Å². The number of alkyl carbamates (subject to hydrolysis) is 1. The maximum Gasteiger partial charge on any atom is 0.407 e. The first-order chi connectivity index (χ1) is 8.61. The van der Waals surface area contributed by atoms with Crippen LogP contribution in [0.3, 0.4) is 0 Å². The summed E-state index contributed by atoms with van der Waals surface area (Å²) in [5.74, 6) is -0.629. The maximum atomic E-state index is 11.8. The summed E-state index contributed by atoms with van der Waals surface area (Å²) in [4.78, 5) is 36.2. The van der Waals surface area contributed by atoms with Gasteiger partial charge in [-0.1, -0.05) is 6.92 Å². The van der Waals surface area contributed by atoms with Crippen molar-refractivity contribution in [2.75, 3.05) is 6.54 Å². The molecule has 0 aromatic carbocycles. The lowest BCUT2D eigenvalue weighted by atomic mass is 10.1. The Balaban J connectivity index is 2.48. The van der Waals surface area contributed by atoms with Gasteiger partial charge in [0.25, 0.3) is 0 Å².